The fraction of sp³-hybridized carbons (Fsp3) is 0.125. The van der Waals surface area contributed by atoms with Crippen LogP contribution in [0.3, 0.4) is 0 Å². The summed E-state index contributed by atoms with van der Waals surface area (Å²) in [7, 11) is 0. The number of aryl methyl sites for hydroxylation is 1. The minimum Gasteiger partial charge on any atom is -0.334 e. The Hall–Kier alpha value is -2.63. The maximum atomic E-state index is 12.5. The van der Waals surface area contributed by atoms with Gasteiger partial charge in [-0.3, -0.25) is 0 Å². The summed E-state index contributed by atoms with van der Waals surface area (Å²) in [5.74, 6) is 0.583. The normalized spacial score (nSPS) is 11.6. The first-order valence-corrected chi connectivity index (χ1v) is 6.52. The number of aromatic nitrogens is 2. The van der Waals surface area contributed by atoms with E-state index in [-0.39, 0.29) is 5.82 Å². The zero-order chi connectivity index (χ0) is 15.7. The van der Waals surface area contributed by atoms with Crippen molar-refractivity contribution in [2.45, 2.75) is 13.1 Å². The van der Waals surface area contributed by atoms with E-state index in [0.29, 0.717) is 11.5 Å². The van der Waals surface area contributed by atoms with Crippen molar-refractivity contribution >= 4 is 0 Å². The second kappa shape index (κ2) is 5.29. The molecule has 0 atom stereocenters. The fourth-order valence-electron chi connectivity index (χ4n) is 1.96. The second-order valence-corrected chi connectivity index (χ2v) is 4.86. The van der Waals surface area contributed by atoms with Crippen molar-refractivity contribution in [3.63, 3.8) is 0 Å². The molecule has 22 heavy (non-hydrogen) atoms. The molecule has 0 fully saturated rings. The molecular formula is C16H11F3N2O. The van der Waals surface area contributed by atoms with Crippen LogP contribution < -0.4 is 0 Å². The Morgan fingerprint density at radius 3 is 2.05 bits per heavy atom. The summed E-state index contributed by atoms with van der Waals surface area (Å²) in [6.45, 7) is 1.96. The Morgan fingerprint density at radius 2 is 1.45 bits per heavy atom. The van der Waals surface area contributed by atoms with Gasteiger partial charge in [-0.2, -0.15) is 18.2 Å². The number of nitrogens with zero attached hydrogens (tertiary/aromatic N) is 2. The molecule has 1 aromatic heterocycles. The molecule has 0 aliphatic rings. The highest BCUT2D eigenvalue weighted by Gasteiger charge is 2.30. The molecule has 0 radical (unpaired) electrons. The molecule has 2 aromatic carbocycles. The van der Waals surface area contributed by atoms with Gasteiger partial charge in [-0.1, -0.05) is 35.0 Å². The van der Waals surface area contributed by atoms with Gasteiger partial charge in [0.15, 0.2) is 0 Å². The molecule has 0 spiro atoms. The summed E-state index contributed by atoms with van der Waals surface area (Å²) in [6, 6.07) is 12.2. The topological polar surface area (TPSA) is 38.9 Å². The van der Waals surface area contributed by atoms with Gasteiger partial charge in [0.25, 0.3) is 5.89 Å². The van der Waals surface area contributed by atoms with Crippen molar-refractivity contribution in [3.8, 4) is 22.8 Å². The van der Waals surface area contributed by atoms with Crippen LogP contribution in [-0.4, -0.2) is 10.1 Å². The zero-order valence-corrected chi connectivity index (χ0v) is 11.6. The highest BCUT2D eigenvalue weighted by Crippen LogP contribution is 2.30. The number of halogens is 3. The third-order valence-electron chi connectivity index (χ3n) is 3.19. The third kappa shape index (κ3) is 2.86. The number of hydrogen-bond acceptors (Lipinski definition) is 3. The molecule has 0 bridgehead atoms. The summed E-state index contributed by atoms with van der Waals surface area (Å²) in [5.41, 5.74) is 1.62. The van der Waals surface area contributed by atoms with E-state index in [2.05, 4.69) is 10.1 Å². The highest BCUT2D eigenvalue weighted by molar-refractivity contribution is 5.60. The van der Waals surface area contributed by atoms with Gasteiger partial charge in [0.1, 0.15) is 0 Å². The first-order chi connectivity index (χ1) is 10.4. The lowest BCUT2D eigenvalue weighted by Crippen LogP contribution is -2.04. The van der Waals surface area contributed by atoms with Crippen LogP contribution in [0.15, 0.2) is 53.1 Å². The number of hydrogen-bond donors (Lipinski definition) is 0. The smallest absolute Gasteiger partial charge is 0.334 e. The average Bonchev–Trinajstić information content (AvgIpc) is 2.97. The maximum absolute atomic E-state index is 12.5. The van der Waals surface area contributed by atoms with Crippen LogP contribution in [0, 0.1) is 6.92 Å². The Bertz CT molecular complexity index is 774. The Labute approximate surface area is 124 Å². The van der Waals surface area contributed by atoms with Gasteiger partial charge in [0.05, 0.1) is 5.56 Å². The van der Waals surface area contributed by atoms with E-state index in [0.717, 1.165) is 23.3 Å². The van der Waals surface area contributed by atoms with Crippen LogP contribution in [0.25, 0.3) is 22.8 Å². The van der Waals surface area contributed by atoms with Crippen molar-refractivity contribution in [3.05, 3.63) is 59.7 Å². The SMILES string of the molecule is Cc1ccc(-c2nc(-c3ccc(C(F)(F)F)cc3)no2)cc1. The third-order valence-corrected chi connectivity index (χ3v) is 3.19. The second-order valence-electron chi connectivity index (χ2n) is 4.86. The number of alkyl halides is 3. The highest BCUT2D eigenvalue weighted by atomic mass is 19.4. The standard InChI is InChI=1S/C16H11F3N2O/c1-10-2-4-12(5-3-10)15-20-14(21-22-15)11-6-8-13(9-7-11)16(17,18)19/h2-9H,1H3. The van der Waals surface area contributed by atoms with Gasteiger partial charge in [-0.05, 0) is 31.2 Å². The van der Waals surface area contributed by atoms with Crippen LogP contribution in [0.1, 0.15) is 11.1 Å². The molecule has 0 unspecified atom stereocenters. The van der Waals surface area contributed by atoms with E-state index in [9.17, 15) is 13.2 Å². The number of benzene rings is 2. The summed E-state index contributed by atoms with van der Waals surface area (Å²) < 4.78 is 42.8. The summed E-state index contributed by atoms with van der Waals surface area (Å²) in [4.78, 5) is 4.21. The van der Waals surface area contributed by atoms with Gasteiger partial charge in [0, 0.05) is 11.1 Å². The molecule has 3 aromatic rings. The minimum absolute atomic E-state index is 0.254. The molecule has 3 rings (SSSR count). The van der Waals surface area contributed by atoms with E-state index in [1.54, 1.807) is 0 Å². The molecule has 0 saturated carbocycles. The van der Waals surface area contributed by atoms with Crippen LogP contribution in [-0.2, 0) is 6.18 Å². The van der Waals surface area contributed by atoms with Crippen LogP contribution in [0.5, 0.6) is 0 Å². The van der Waals surface area contributed by atoms with E-state index in [1.165, 1.54) is 12.1 Å². The Morgan fingerprint density at radius 1 is 0.864 bits per heavy atom. The number of rotatable bonds is 2. The van der Waals surface area contributed by atoms with Gasteiger partial charge in [-0.25, -0.2) is 0 Å². The monoisotopic (exact) mass is 304 g/mol. The quantitative estimate of drug-likeness (QED) is 0.687. The molecule has 3 nitrogen and oxygen atoms in total. The van der Waals surface area contributed by atoms with Gasteiger partial charge in [0.2, 0.25) is 5.82 Å². The van der Waals surface area contributed by atoms with E-state index in [1.807, 2.05) is 31.2 Å². The lowest BCUT2D eigenvalue weighted by atomic mass is 10.1. The molecule has 0 N–H and O–H groups in total. The molecule has 0 saturated heterocycles. The molecule has 1 heterocycles. The predicted molar refractivity (Wildman–Crippen MR) is 74.9 cm³/mol. The van der Waals surface area contributed by atoms with Gasteiger partial charge >= 0.3 is 6.18 Å². The lowest BCUT2D eigenvalue weighted by molar-refractivity contribution is -0.137. The largest absolute Gasteiger partial charge is 0.416 e. The zero-order valence-electron chi connectivity index (χ0n) is 11.6. The van der Waals surface area contributed by atoms with Gasteiger partial charge in [-0.15, -0.1) is 0 Å². The molecule has 112 valence electrons. The summed E-state index contributed by atoms with van der Waals surface area (Å²) in [6.07, 6.45) is -4.36. The van der Waals surface area contributed by atoms with E-state index < -0.39 is 11.7 Å². The molecule has 6 heteroatoms. The van der Waals surface area contributed by atoms with Crippen LogP contribution in [0.4, 0.5) is 13.2 Å². The average molecular weight is 304 g/mol. The van der Waals surface area contributed by atoms with E-state index in [4.69, 9.17) is 4.52 Å². The molecular weight excluding hydrogens is 293 g/mol. The van der Waals surface area contributed by atoms with Crippen LogP contribution in [0.2, 0.25) is 0 Å². The van der Waals surface area contributed by atoms with Crippen molar-refractivity contribution in [2.75, 3.05) is 0 Å². The van der Waals surface area contributed by atoms with E-state index >= 15 is 0 Å². The first kappa shape index (κ1) is 14.3. The molecule has 0 amide bonds. The predicted octanol–water partition coefficient (Wildman–Crippen LogP) is 4.73. The summed E-state index contributed by atoms with van der Waals surface area (Å²) in [5, 5.41) is 3.81. The van der Waals surface area contributed by atoms with Crippen molar-refractivity contribution < 1.29 is 17.7 Å². The summed E-state index contributed by atoms with van der Waals surface area (Å²) >= 11 is 0. The van der Waals surface area contributed by atoms with Crippen LogP contribution >= 0.6 is 0 Å². The molecule has 0 aliphatic heterocycles. The van der Waals surface area contributed by atoms with Crippen molar-refractivity contribution in [2.24, 2.45) is 0 Å². The van der Waals surface area contributed by atoms with Gasteiger partial charge < -0.3 is 4.52 Å². The first-order valence-electron chi connectivity index (χ1n) is 6.52. The maximum Gasteiger partial charge on any atom is 0.416 e. The van der Waals surface area contributed by atoms with Crippen molar-refractivity contribution in [1.29, 1.82) is 0 Å². The molecule has 0 aliphatic carbocycles. The fourth-order valence-corrected chi connectivity index (χ4v) is 1.96. The Kier molecular flexibility index (Phi) is 3.44. The minimum atomic E-state index is -4.36. The van der Waals surface area contributed by atoms with Crippen molar-refractivity contribution in [1.82, 2.24) is 10.1 Å². The lowest BCUT2D eigenvalue weighted by Gasteiger charge is -2.05. The Balaban J connectivity index is 1.89.